The number of hydrogen-bond acceptors (Lipinski definition) is 2. The molecule has 37 heavy (non-hydrogen) atoms. The van der Waals surface area contributed by atoms with E-state index in [4.69, 9.17) is 0 Å². The molecule has 1 saturated heterocycles. The lowest BCUT2D eigenvalue weighted by molar-refractivity contribution is 0.319. The number of rotatable bonds is 7. The van der Waals surface area contributed by atoms with Crippen molar-refractivity contribution in [2.75, 3.05) is 13.1 Å². The van der Waals surface area contributed by atoms with Crippen molar-refractivity contribution in [2.24, 2.45) is 5.92 Å². The maximum absolute atomic E-state index is 13.8. The van der Waals surface area contributed by atoms with Gasteiger partial charge in [-0.15, -0.1) is 0 Å². The minimum atomic E-state index is -3.51. The van der Waals surface area contributed by atoms with Crippen molar-refractivity contribution in [1.29, 1.82) is 0 Å². The molecule has 194 valence electrons. The second-order valence-electron chi connectivity index (χ2n) is 10.7. The first kappa shape index (κ1) is 25.7. The topological polar surface area (TPSA) is 42.3 Å². The third-order valence-corrected chi connectivity index (χ3v) is 9.49. The van der Waals surface area contributed by atoms with Crippen molar-refractivity contribution >= 4 is 20.9 Å². The van der Waals surface area contributed by atoms with E-state index in [0.717, 1.165) is 35.9 Å². The Morgan fingerprint density at radius 2 is 1.62 bits per heavy atom. The van der Waals surface area contributed by atoms with Crippen LogP contribution in [0.2, 0.25) is 0 Å². The lowest BCUT2D eigenvalue weighted by Gasteiger charge is -2.31. The van der Waals surface area contributed by atoms with Crippen LogP contribution in [0.3, 0.4) is 0 Å². The summed E-state index contributed by atoms with van der Waals surface area (Å²) in [6, 6.07) is 22.5. The Labute approximate surface area is 219 Å². The average Bonchev–Trinajstić information content (AvgIpc) is 3.15. The van der Waals surface area contributed by atoms with Crippen molar-refractivity contribution in [1.82, 2.24) is 8.87 Å². The van der Waals surface area contributed by atoms with Crippen LogP contribution in [0.4, 0.5) is 4.39 Å². The molecule has 0 saturated carbocycles. The molecule has 0 unspecified atom stereocenters. The summed E-state index contributed by atoms with van der Waals surface area (Å²) in [4.78, 5) is 0.376. The fourth-order valence-electron chi connectivity index (χ4n) is 5.80. The van der Waals surface area contributed by atoms with Crippen molar-refractivity contribution in [2.45, 2.75) is 57.4 Å². The molecule has 6 heteroatoms. The molecule has 1 aliphatic rings. The highest BCUT2D eigenvalue weighted by Gasteiger charge is 2.32. The fraction of sp³-hybridized carbons (Fsp3) is 0.355. The number of hydrogen-bond donors (Lipinski definition) is 0. The summed E-state index contributed by atoms with van der Waals surface area (Å²) in [5.74, 6) is 0.582. The minimum absolute atomic E-state index is 0.227. The first-order valence-corrected chi connectivity index (χ1v) is 14.6. The van der Waals surface area contributed by atoms with Crippen LogP contribution < -0.4 is 0 Å². The molecule has 5 rings (SSSR count). The van der Waals surface area contributed by atoms with Gasteiger partial charge in [0.15, 0.2) is 0 Å². The number of piperidine rings is 1. The standard InChI is InChI=1S/C31H35FN2O2S/c1-22(2)19-24-11-13-28(14-12-24)37(35,36)33-17-15-26(16-18-33)31-23(3)34(30-10-5-4-9-29(30)31)21-25-7-6-8-27(32)20-25/h4-14,20,22,26H,15-19,21H2,1-3H3. The number of halogens is 1. The molecule has 3 aromatic carbocycles. The van der Waals surface area contributed by atoms with Gasteiger partial charge in [0.05, 0.1) is 4.90 Å². The van der Waals surface area contributed by atoms with Crippen LogP contribution in [0, 0.1) is 18.7 Å². The lowest BCUT2D eigenvalue weighted by Crippen LogP contribution is -2.38. The number of fused-ring (bicyclic) bond motifs is 1. The maximum Gasteiger partial charge on any atom is 0.243 e. The van der Waals surface area contributed by atoms with Gasteiger partial charge in [-0.2, -0.15) is 4.31 Å². The quantitative estimate of drug-likeness (QED) is 0.267. The zero-order valence-corrected chi connectivity index (χ0v) is 22.6. The smallest absolute Gasteiger partial charge is 0.243 e. The predicted octanol–water partition coefficient (Wildman–Crippen LogP) is 6.90. The van der Waals surface area contributed by atoms with Gasteiger partial charge in [-0.3, -0.25) is 0 Å². The molecule has 1 aliphatic heterocycles. The second kappa shape index (κ2) is 10.4. The summed E-state index contributed by atoms with van der Waals surface area (Å²) in [6.07, 6.45) is 2.50. The second-order valence-corrected chi connectivity index (χ2v) is 12.6. The molecule has 0 radical (unpaired) electrons. The van der Waals surface area contributed by atoms with E-state index in [2.05, 4.69) is 43.5 Å². The van der Waals surface area contributed by atoms with Crippen LogP contribution in [0.5, 0.6) is 0 Å². The monoisotopic (exact) mass is 518 g/mol. The molecular formula is C31H35FN2O2S. The summed E-state index contributed by atoms with van der Waals surface area (Å²) in [6.45, 7) is 8.07. The molecule has 0 N–H and O–H groups in total. The van der Waals surface area contributed by atoms with E-state index in [1.54, 1.807) is 28.6 Å². The SMILES string of the molecule is Cc1c(C2CCN(S(=O)(=O)c3ccc(CC(C)C)cc3)CC2)c2ccccc2n1Cc1cccc(F)c1. The molecule has 4 nitrogen and oxygen atoms in total. The van der Waals surface area contributed by atoms with E-state index in [1.807, 2.05) is 24.3 Å². The minimum Gasteiger partial charge on any atom is -0.340 e. The van der Waals surface area contributed by atoms with Crippen molar-refractivity contribution in [3.63, 3.8) is 0 Å². The van der Waals surface area contributed by atoms with Crippen molar-refractivity contribution in [3.8, 4) is 0 Å². The number of para-hydroxylation sites is 1. The van der Waals surface area contributed by atoms with E-state index in [0.29, 0.717) is 30.4 Å². The van der Waals surface area contributed by atoms with Gasteiger partial charge in [0.25, 0.3) is 0 Å². The molecule has 0 spiro atoms. The molecule has 1 aromatic heterocycles. The summed E-state index contributed by atoms with van der Waals surface area (Å²) < 4.78 is 44.5. The van der Waals surface area contributed by atoms with Gasteiger partial charge in [0, 0.05) is 36.2 Å². The summed E-state index contributed by atoms with van der Waals surface area (Å²) in [5, 5.41) is 1.21. The lowest BCUT2D eigenvalue weighted by atomic mass is 9.88. The highest BCUT2D eigenvalue weighted by atomic mass is 32.2. The molecule has 0 aliphatic carbocycles. The van der Waals surface area contributed by atoms with Gasteiger partial charge in [0.2, 0.25) is 10.0 Å². The van der Waals surface area contributed by atoms with Crippen LogP contribution in [0.25, 0.3) is 10.9 Å². The first-order valence-electron chi connectivity index (χ1n) is 13.2. The molecule has 4 aromatic rings. The summed E-state index contributed by atoms with van der Waals surface area (Å²) >= 11 is 0. The van der Waals surface area contributed by atoms with Crippen LogP contribution in [0.1, 0.15) is 55.0 Å². The Morgan fingerprint density at radius 3 is 2.30 bits per heavy atom. The molecule has 0 amide bonds. The Bertz CT molecular complexity index is 1500. The van der Waals surface area contributed by atoms with Crippen LogP contribution in [-0.4, -0.2) is 30.4 Å². The summed E-state index contributed by atoms with van der Waals surface area (Å²) in [5.41, 5.74) is 5.69. The molecule has 1 fully saturated rings. The highest BCUT2D eigenvalue weighted by Crippen LogP contribution is 2.38. The van der Waals surface area contributed by atoms with Crippen LogP contribution in [-0.2, 0) is 23.0 Å². The number of aromatic nitrogens is 1. The fourth-order valence-corrected chi connectivity index (χ4v) is 7.27. The van der Waals surface area contributed by atoms with Gasteiger partial charge in [-0.05, 0) is 85.0 Å². The van der Waals surface area contributed by atoms with Gasteiger partial charge in [-0.25, -0.2) is 12.8 Å². The zero-order valence-electron chi connectivity index (χ0n) is 21.8. The third kappa shape index (κ3) is 5.23. The van der Waals surface area contributed by atoms with Crippen molar-refractivity contribution in [3.05, 3.63) is 101 Å². The van der Waals surface area contributed by atoms with Crippen molar-refractivity contribution < 1.29 is 12.8 Å². The predicted molar refractivity (Wildman–Crippen MR) is 148 cm³/mol. The van der Waals surface area contributed by atoms with E-state index in [1.165, 1.54) is 22.7 Å². The Kier molecular flexibility index (Phi) is 7.24. The normalized spacial score (nSPS) is 15.6. The number of benzene rings is 3. The van der Waals surface area contributed by atoms with E-state index >= 15 is 0 Å². The van der Waals surface area contributed by atoms with Gasteiger partial charge < -0.3 is 4.57 Å². The van der Waals surface area contributed by atoms with Gasteiger partial charge >= 0.3 is 0 Å². The largest absolute Gasteiger partial charge is 0.340 e. The van der Waals surface area contributed by atoms with Crippen LogP contribution in [0.15, 0.2) is 77.7 Å². The Hall–Kier alpha value is -2.96. The molecular weight excluding hydrogens is 483 g/mol. The Morgan fingerprint density at radius 1 is 0.919 bits per heavy atom. The van der Waals surface area contributed by atoms with E-state index < -0.39 is 10.0 Å². The molecule has 2 heterocycles. The van der Waals surface area contributed by atoms with E-state index in [9.17, 15) is 12.8 Å². The van der Waals surface area contributed by atoms with Gasteiger partial charge in [0.1, 0.15) is 5.82 Å². The van der Waals surface area contributed by atoms with Crippen LogP contribution >= 0.6 is 0 Å². The van der Waals surface area contributed by atoms with E-state index in [-0.39, 0.29) is 11.7 Å². The first-order chi connectivity index (χ1) is 17.7. The van der Waals surface area contributed by atoms with Gasteiger partial charge in [-0.1, -0.05) is 56.3 Å². The average molecular weight is 519 g/mol. The molecule has 0 atom stereocenters. The Balaban J connectivity index is 1.37. The third-order valence-electron chi connectivity index (χ3n) is 7.58. The summed E-state index contributed by atoms with van der Waals surface area (Å²) in [7, 11) is -3.51. The zero-order chi connectivity index (χ0) is 26.2. The highest BCUT2D eigenvalue weighted by molar-refractivity contribution is 7.89. The number of sulfonamides is 1. The number of nitrogens with zero attached hydrogens (tertiary/aromatic N) is 2. The maximum atomic E-state index is 13.8. The molecule has 0 bridgehead atoms.